The number of nitrogens with one attached hydrogen (secondary N) is 2. The van der Waals surface area contributed by atoms with Crippen LogP contribution in [-0.2, 0) is 0 Å². The summed E-state index contributed by atoms with van der Waals surface area (Å²) < 4.78 is 0. The average Bonchev–Trinajstić information content (AvgIpc) is 3.14. The van der Waals surface area contributed by atoms with Crippen molar-refractivity contribution in [2.75, 3.05) is 6.54 Å². The van der Waals surface area contributed by atoms with Gasteiger partial charge in [-0.1, -0.05) is 66.2 Å². The summed E-state index contributed by atoms with van der Waals surface area (Å²) in [6.45, 7) is 2.40. The van der Waals surface area contributed by atoms with Gasteiger partial charge in [-0.15, -0.1) is 0 Å². The van der Waals surface area contributed by atoms with E-state index in [9.17, 15) is 4.79 Å². The van der Waals surface area contributed by atoms with Crippen molar-refractivity contribution in [1.82, 2.24) is 10.3 Å². The molecule has 0 bridgehead atoms. The van der Waals surface area contributed by atoms with E-state index in [0.29, 0.717) is 17.1 Å². The van der Waals surface area contributed by atoms with Crippen molar-refractivity contribution in [2.45, 2.75) is 12.8 Å². The van der Waals surface area contributed by atoms with Crippen LogP contribution in [-0.4, -0.2) is 17.4 Å². The van der Waals surface area contributed by atoms with E-state index in [1.807, 2.05) is 73.8 Å². The van der Waals surface area contributed by atoms with Crippen LogP contribution in [0.1, 0.15) is 33.0 Å². The number of carbonyl (C=O) groups is 1. The first-order valence-corrected chi connectivity index (χ1v) is 9.67. The molecule has 0 spiro atoms. The number of halogens is 1. The van der Waals surface area contributed by atoms with Gasteiger partial charge in [0.05, 0.1) is 0 Å². The van der Waals surface area contributed by atoms with E-state index in [0.717, 1.165) is 27.6 Å². The Bertz CT molecular complexity index is 1130. The third-order valence-electron chi connectivity index (χ3n) is 5.13. The number of aromatic nitrogens is 1. The molecule has 0 saturated heterocycles. The Balaban J connectivity index is 1.69. The number of para-hydroxylation sites is 1. The third kappa shape index (κ3) is 3.54. The number of amides is 1. The Morgan fingerprint density at radius 3 is 2.50 bits per heavy atom. The van der Waals surface area contributed by atoms with E-state index in [1.165, 1.54) is 0 Å². The monoisotopic (exact) mass is 388 g/mol. The molecular weight excluding hydrogens is 368 g/mol. The maximum atomic E-state index is 12.8. The molecule has 4 aromatic rings. The molecule has 0 radical (unpaired) electrons. The lowest BCUT2D eigenvalue weighted by Crippen LogP contribution is -2.29. The second-order valence-corrected chi connectivity index (χ2v) is 7.30. The highest BCUT2D eigenvalue weighted by molar-refractivity contribution is 6.31. The van der Waals surface area contributed by atoms with Crippen LogP contribution in [0.3, 0.4) is 0 Å². The van der Waals surface area contributed by atoms with Crippen LogP contribution < -0.4 is 5.32 Å². The average molecular weight is 389 g/mol. The maximum Gasteiger partial charge on any atom is 0.251 e. The zero-order valence-electron chi connectivity index (χ0n) is 15.6. The van der Waals surface area contributed by atoms with E-state index in [-0.39, 0.29) is 11.8 Å². The Morgan fingerprint density at radius 2 is 1.68 bits per heavy atom. The molecule has 1 heterocycles. The number of H-pyrrole nitrogens is 1. The molecular formula is C24H21ClN2O. The molecule has 3 aromatic carbocycles. The van der Waals surface area contributed by atoms with Gasteiger partial charge >= 0.3 is 0 Å². The van der Waals surface area contributed by atoms with Gasteiger partial charge in [0.1, 0.15) is 0 Å². The number of rotatable bonds is 5. The number of aromatic amines is 1. The molecule has 0 fully saturated rings. The van der Waals surface area contributed by atoms with Crippen LogP contribution in [0.4, 0.5) is 0 Å². The van der Waals surface area contributed by atoms with Gasteiger partial charge in [-0.25, -0.2) is 0 Å². The van der Waals surface area contributed by atoms with Gasteiger partial charge in [0.2, 0.25) is 0 Å². The molecule has 3 nitrogen and oxygen atoms in total. The molecule has 4 rings (SSSR count). The van der Waals surface area contributed by atoms with Gasteiger partial charge in [-0.3, -0.25) is 4.79 Å². The molecule has 140 valence electrons. The molecule has 1 atom stereocenters. The predicted molar refractivity (Wildman–Crippen MR) is 115 cm³/mol. The number of benzene rings is 3. The molecule has 1 aromatic heterocycles. The Morgan fingerprint density at radius 1 is 0.964 bits per heavy atom. The molecule has 2 N–H and O–H groups in total. The van der Waals surface area contributed by atoms with Crippen molar-refractivity contribution >= 4 is 28.4 Å². The van der Waals surface area contributed by atoms with Gasteiger partial charge in [-0.05, 0) is 41.8 Å². The first-order chi connectivity index (χ1) is 13.6. The summed E-state index contributed by atoms with van der Waals surface area (Å²) in [6, 6.07) is 23.6. The van der Waals surface area contributed by atoms with Gasteiger partial charge in [0.25, 0.3) is 5.91 Å². The van der Waals surface area contributed by atoms with Crippen molar-refractivity contribution < 1.29 is 4.79 Å². The SMILES string of the molecule is Cc1ccccc1C(=O)NC[C@H](c1ccccc1Cl)c1c[nH]c2ccccc12. The van der Waals surface area contributed by atoms with Crippen molar-refractivity contribution in [3.05, 3.63) is 106 Å². The summed E-state index contributed by atoms with van der Waals surface area (Å²) in [5.41, 5.74) is 4.84. The topological polar surface area (TPSA) is 44.9 Å². The van der Waals surface area contributed by atoms with Gasteiger partial charge in [0.15, 0.2) is 0 Å². The summed E-state index contributed by atoms with van der Waals surface area (Å²) >= 11 is 6.52. The minimum Gasteiger partial charge on any atom is -0.361 e. The van der Waals surface area contributed by atoms with Gasteiger partial charge in [0, 0.05) is 40.1 Å². The number of carbonyl (C=O) groups excluding carboxylic acids is 1. The zero-order valence-corrected chi connectivity index (χ0v) is 16.3. The van der Waals surface area contributed by atoms with Crippen LogP contribution >= 0.6 is 11.6 Å². The molecule has 0 saturated carbocycles. The van der Waals surface area contributed by atoms with Crippen molar-refractivity contribution in [3.63, 3.8) is 0 Å². The molecule has 1 amide bonds. The lowest BCUT2D eigenvalue weighted by Gasteiger charge is -2.20. The first kappa shape index (κ1) is 18.3. The lowest BCUT2D eigenvalue weighted by atomic mass is 9.90. The molecule has 0 aliphatic heterocycles. The fourth-order valence-corrected chi connectivity index (χ4v) is 3.91. The largest absolute Gasteiger partial charge is 0.361 e. The highest BCUT2D eigenvalue weighted by atomic mass is 35.5. The summed E-state index contributed by atoms with van der Waals surface area (Å²) in [5, 5.41) is 4.94. The normalized spacial score (nSPS) is 12.1. The van der Waals surface area contributed by atoms with Gasteiger partial charge in [-0.2, -0.15) is 0 Å². The van der Waals surface area contributed by atoms with Crippen LogP contribution in [0.5, 0.6) is 0 Å². The Hall–Kier alpha value is -3.04. The molecule has 4 heteroatoms. The van der Waals surface area contributed by atoms with Crippen LogP contribution in [0.2, 0.25) is 5.02 Å². The fraction of sp³-hybridized carbons (Fsp3) is 0.125. The summed E-state index contributed by atoms with van der Waals surface area (Å²) in [4.78, 5) is 16.1. The Labute approximate surface area is 169 Å². The summed E-state index contributed by atoms with van der Waals surface area (Å²) in [6.07, 6.45) is 2.01. The highest BCUT2D eigenvalue weighted by Crippen LogP contribution is 2.34. The van der Waals surface area contributed by atoms with Crippen molar-refractivity contribution in [2.24, 2.45) is 0 Å². The van der Waals surface area contributed by atoms with Crippen LogP contribution in [0.25, 0.3) is 10.9 Å². The quantitative estimate of drug-likeness (QED) is 0.453. The minimum absolute atomic E-state index is 0.0576. The number of hydrogen-bond donors (Lipinski definition) is 2. The summed E-state index contributed by atoms with van der Waals surface area (Å²) in [5.74, 6) is -0.132. The third-order valence-corrected chi connectivity index (χ3v) is 5.48. The number of fused-ring (bicyclic) bond motifs is 1. The smallest absolute Gasteiger partial charge is 0.251 e. The van der Waals surface area contributed by atoms with Crippen LogP contribution in [0, 0.1) is 6.92 Å². The van der Waals surface area contributed by atoms with Crippen molar-refractivity contribution in [1.29, 1.82) is 0 Å². The van der Waals surface area contributed by atoms with E-state index in [1.54, 1.807) is 0 Å². The fourth-order valence-electron chi connectivity index (χ4n) is 3.65. The lowest BCUT2D eigenvalue weighted by molar-refractivity contribution is 0.0952. The molecule has 0 unspecified atom stereocenters. The minimum atomic E-state index is -0.0741. The first-order valence-electron chi connectivity index (χ1n) is 9.29. The number of hydrogen-bond acceptors (Lipinski definition) is 1. The second-order valence-electron chi connectivity index (χ2n) is 6.89. The standard InChI is InChI=1S/C24H21ClN2O/c1-16-8-2-3-9-17(16)24(28)27-15-20(18-10-4-6-12-22(18)25)21-14-26-23-13-7-5-11-19(21)23/h2-14,20,26H,15H2,1H3,(H,27,28)/t20-/m1/s1. The van der Waals surface area contributed by atoms with E-state index < -0.39 is 0 Å². The van der Waals surface area contributed by atoms with E-state index in [2.05, 4.69) is 22.4 Å². The molecule has 28 heavy (non-hydrogen) atoms. The Kier molecular flexibility index (Phi) is 5.18. The van der Waals surface area contributed by atoms with Crippen LogP contribution in [0.15, 0.2) is 79.0 Å². The predicted octanol–water partition coefficient (Wildman–Crippen LogP) is 5.69. The van der Waals surface area contributed by atoms with Gasteiger partial charge < -0.3 is 10.3 Å². The second kappa shape index (κ2) is 7.91. The maximum absolute atomic E-state index is 12.8. The zero-order chi connectivity index (χ0) is 19.5. The highest BCUT2D eigenvalue weighted by Gasteiger charge is 2.21. The molecule has 0 aliphatic rings. The molecule has 0 aliphatic carbocycles. The number of aryl methyl sites for hydroxylation is 1. The van der Waals surface area contributed by atoms with Crippen molar-refractivity contribution in [3.8, 4) is 0 Å². The van der Waals surface area contributed by atoms with E-state index >= 15 is 0 Å². The van der Waals surface area contributed by atoms with E-state index in [4.69, 9.17) is 11.6 Å². The summed E-state index contributed by atoms with van der Waals surface area (Å²) in [7, 11) is 0.